The highest BCUT2D eigenvalue weighted by molar-refractivity contribution is 5.88. The highest BCUT2D eigenvalue weighted by Crippen LogP contribution is 2.30. The Balaban J connectivity index is 1.63. The van der Waals surface area contributed by atoms with E-state index >= 15 is 0 Å². The van der Waals surface area contributed by atoms with E-state index in [1.165, 1.54) is 0 Å². The van der Waals surface area contributed by atoms with Crippen LogP contribution in [0.2, 0.25) is 0 Å². The zero-order valence-corrected chi connectivity index (χ0v) is 15.9. The van der Waals surface area contributed by atoms with Crippen molar-refractivity contribution >= 4 is 11.8 Å². The van der Waals surface area contributed by atoms with Crippen LogP contribution in [-0.2, 0) is 28.9 Å². The molecule has 2 aromatic rings. The van der Waals surface area contributed by atoms with Gasteiger partial charge in [-0.15, -0.1) is 0 Å². The molecule has 0 spiro atoms. The summed E-state index contributed by atoms with van der Waals surface area (Å²) in [6, 6.07) is 4.90. The summed E-state index contributed by atoms with van der Waals surface area (Å²) in [7, 11) is 0. The van der Waals surface area contributed by atoms with Crippen molar-refractivity contribution in [2.24, 2.45) is 0 Å². The minimum Gasteiger partial charge on any atom is -0.353 e. The molecule has 0 bridgehead atoms. The van der Waals surface area contributed by atoms with Crippen molar-refractivity contribution in [3.8, 4) is 0 Å². The third-order valence-electron chi connectivity index (χ3n) is 4.78. The topological polar surface area (TPSA) is 74.3 Å². The number of nitrogens with one attached hydrogen (secondary N) is 2. The second-order valence-corrected chi connectivity index (χ2v) is 6.92. The van der Waals surface area contributed by atoms with Crippen molar-refractivity contribution in [3.05, 3.63) is 65.2 Å². The van der Waals surface area contributed by atoms with E-state index in [2.05, 4.69) is 15.6 Å². The minimum atomic E-state index is -4.61. The number of piperazine rings is 1. The van der Waals surface area contributed by atoms with Crippen molar-refractivity contribution in [1.29, 1.82) is 0 Å². The first-order chi connectivity index (χ1) is 14.2. The first-order valence-corrected chi connectivity index (χ1v) is 9.27. The lowest BCUT2D eigenvalue weighted by Crippen LogP contribution is -2.56. The molecule has 0 aliphatic carbocycles. The van der Waals surface area contributed by atoms with Crippen molar-refractivity contribution < 1.29 is 27.2 Å². The van der Waals surface area contributed by atoms with Gasteiger partial charge in [-0.3, -0.25) is 19.5 Å². The van der Waals surface area contributed by atoms with Crippen molar-refractivity contribution in [2.45, 2.75) is 31.7 Å². The number of hydrogen-bond acceptors (Lipinski definition) is 4. The summed E-state index contributed by atoms with van der Waals surface area (Å²) < 4.78 is 52.3. The molecule has 1 aromatic carbocycles. The smallest absolute Gasteiger partial charge is 0.353 e. The van der Waals surface area contributed by atoms with Crippen LogP contribution in [0, 0.1) is 5.82 Å². The molecule has 1 saturated heterocycles. The predicted molar refractivity (Wildman–Crippen MR) is 99.3 cm³/mol. The highest BCUT2D eigenvalue weighted by Gasteiger charge is 2.32. The number of rotatable bonds is 6. The first-order valence-electron chi connectivity index (χ1n) is 9.27. The lowest BCUT2D eigenvalue weighted by atomic mass is 10.1. The van der Waals surface area contributed by atoms with E-state index in [0.29, 0.717) is 37.8 Å². The maximum atomic E-state index is 13.8. The molecule has 0 saturated carbocycles. The summed E-state index contributed by atoms with van der Waals surface area (Å²) in [5.74, 6) is -1.73. The molecule has 1 atom stereocenters. The Morgan fingerprint density at radius 1 is 1.30 bits per heavy atom. The molecule has 2 heterocycles. The number of halogens is 4. The number of benzene rings is 1. The number of pyridine rings is 1. The van der Waals surface area contributed by atoms with Crippen molar-refractivity contribution in [1.82, 2.24) is 20.5 Å². The Bertz CT molecular complexity index is 905. The Kier molecular flexibility index (Phi) is 6.66. The molecule has 1 aromatic heterocycles. The van der Waals surface area contributed by atoms with Crippen LogP contribution in [0.25, 0.3) is 0 Å². The number of nitrogens with zero attached hydrogens (tertiary/aromatic N) is 2. The number of carbonyl (C=O) groups is 2. The summed E-state index contributed by atoms with van der Waals surface area (Å²) in [5, 5.41) is 5.10. The quantitative estimate of drug-likeness (QED) is 0.698. The second-order valence-electron chi connectivity index (χ2n) is 6.92. The van der Waals surface area contributed by atoms with Gasteiger partial charge in [0.05, 0.1) is 18.0 Å². The predicted octanol–water partition coefficient (Wildman–Crippen LogP) is 2.25. The number of hydrogen-bond donors (Lipinski definition) is 2. The fourth-order valence-electron chi connectivity index (χ4n) is 3.23. The third kappa shape index (κ3) is 5.53. The van der Waals surface area contributed by atoms with Gasteiger partial charge in [-0.25, -0.2) is 4.39 Å². The molecule has 1 unspecified atom stereocenters. The van der Waals surface area contributed by atoms with E-state index in [-0.39, 0.29) is 17.9 Å². The van der Waals surface area contributed by atoms with Gasteiger partial charge in [0.1, 0.15) is 5.82 Å². The average Bonchev–Trinajstić information content (AvgIpc) is 2.70. The van der Waals surface area contributed by atoms with Crippen LogP contribution in [0.4, 0.5) is 17.6 Å². The molecule has 10 heteroatoms. The molecule has 0 radical (unpaired) electrons. The molecular weight excluding hydrogens is 404 g/mol. The van der Waals surface area contributed by atoms with Gasteiger partial charge in [-0.05, 0) is 29.8 Å². The van der Waals surface area contributed by atoms with Gasteiger partial charge in [-0.1, -0.05) is 6.07 Å². The van der Waals surface area contributed by atoms with Gasteiger partial charge in [0.2, 0.25) is 11.8 Å². The van der Waals surface area contributed by atoms with Crippen LogP contribution in [0.15, 0.2) is 42.7 Å². The van der Waals surface area contributed by atoms with Crippen LogP contribution in [0.5, 0.6) is 0 Å². The molecule has 2 N–H and O–H groups in total. The zero-order chi connectivity index (χ0) is 21.7. The van der Waals surface area contributed by atoms with Gasteiger partial charge in [0.25, 0.3) is 0 Å². The van der Waals surface area contributed by atoms with E-state index in [0.717, 1.165) is 5.56 Å². The van der Waals surface area contributed by atoms with Crippen molar-refractivity contribution in [2.75, 3.05) is 13.1 Å². The number of amides is 2. The Morgan fingerprint density at radius 3 is 2.80 bits per heavy atom. The van der Waals surface area contributed by atoms with E-state index in [1.807, 2.05) is 11.0 Å². The van der Waals surface area contributed by atoms with E-state index in [9.17, 15) is 27.2 Å². The largest absolute Gasteiger partial charge is 0.416 e. The van der Waals surface area contributed by atoms with Crippen LogP contribution >= 0.6 is 0 Å². The van der Waals surface area contributed by atoms with Gasteiger partial charge < -0.3 is 10.6 Å². The van der Waals surface area contributed by atoms with E-state index in [4.69, 9.17) is 0 Å². The van der Waals surface area contributed by atoms with Crippen LogP contribution < -0.4 is 10.6 Å². The zero-order valence-electron chi connectivity index (χ0n) is 15.9. The molecular formula is C20H20F4N4O2. The van der Waals surface area contributed by atoms with E-state index < -0.39 is 36.1 Å². The lowest BCUT2D eigenvalue weighted by Gasteiger charge is -2.34. The fraction of sp³-hybridized carbons (Fsp3) is 0.350. The Hall–Kier alpha value is -3.01. The SMILES string of the molecule is O=C(CC1C(=O)NCCN1Cc1cccnc1)NCc1cc(C(F)(F)F)ccc1F. The molecule has 6 nitrogen and oxygen atoms in total. The summed E-state index contributed by atoms with van der Waals surface area (Å²) in [6.07, 6.45) is -1.52. The summed E-state index contributed by atoms with van der Waals surface area (Å²) in [6.45, 7) is 0.973. The molecule has 2 amide bonds. The third-order valence-corrected chi connectivity index (χ3v) is 4.78. The van der Waals surface area contributed by atoms with Gasteiger partial charge in [0, 0.05) is 44.1 Å². The normalized spacial score (nSPS) is 17.5. The second kappa shape index (κ2) is 9.21. The van der Waals surface area contributed by atoms with E-state index in [1.54, 1.807) is 18.5 Å². The maximum absolute atomic E-state index is 13.8. The number of alkyl halides is 3. The monoisotopic (exact) mass is 424 g/mol. The molecule has 1 fully saturated rings. The molecule has 1 aliphatic heterocycles. The van der Waals surface area contributed by atoms with Gasteiger partial charge in [-0.2, -0.15) is 13.2 Å². The van der Waals surface area contributed by atoms with Crippen LogP contribution in [0.3, 0.4) is 0 Å². The fourth-order valence-corrected chi connectivity index (χ4v) is 3.23. The Morgan fingerprint density at radius 2 is 2.10 bits per heavy atom. The standard InChI is InChI=1S/C20H20F4N4O2/c21-16-4-3-15(20(22,23)24)8-14(16)11-27-18(29)9-17-19(30)26-6-7-28(17)12-13-2-1-5-25-10-13/h1-5,8,10,17H,6-7,9,11-12H2,(H,26,30)(H,27,29). The lowest BCUT2D eigenvalue weighted by molar-refractivity contribution is -0.137. The summed E-state index contributed by atoms with van der Waals surface area (Å²) >= 11 is 0. The van der Waals surface area contributed by atoms with Gasteiger partial charge in [0.15, 0.2) is 0 Å². The maximum Gasteiger partial charge on any atom is 0.416 e. The van der Waals surface area contributed by atoms with Crippen LogP contribution in [-0.4, -0.2) is 40.8 Å². The molecule has 3 rings (SSSR count). The molecule has 1 aliphatic rings. The average molecular weight is 424 g/mol. The summed E-state index contributed by atoms with van der Waals surface area (Å²) in [4.78, 5) is 30.5. The highest BCUT2D eigenvalue weighted by atomic mass is 19.4. The molecule has 160 valence electrons. The summed E-state index contributed by atoms with van der Waals surface area (Å²) in [5.41, 5.74) is -0.399. The number of carbonyl (C=O) groups excluding carboxylic acids is 2. The first kappa shape index (κ1) is 21.7. The van der Waals surface area contributed by atoms with Crippen LogP contribution in [0.1, 0.15) is 23.1 Å². The van der Waals surface area contributed by atoms with Crippen molar-refractivity contribution in [3.63, 3.8) is 0 Å². The van der Waals surface area contributed by atoms with Gasteiger partial charge >= 0.3 is 6.18 Å². The minimum absolute atomic E-state index is 0.202. The number of aromatic nitrogens is 1. The Labute approximate surface area is 170 Å². The molecule has 30 heavy (non-hydrogen) atoms.